The Hall–Kier alpha value is -1.76. The Morgan fingerprint density at radius 3 is 2.64 bits per heavy atom. The van der Waals surface area contributed by atoms with Crippen molar-refractivity contribution in [3.05, 3.63) is 53.6 Å². The molecule has 3 atom stereocenters. The largest absolute Gasteiger partial charge is 0.395 e. The van der Waals surface area contributed by atoms with Crippen LogP contribution in [0.4, 0.5) is 4.39 Å². The minimum absolute atomic E-state index is 0.112. The molecule has 1 aromatic heterocycles. The molecule has 0 bridgehead atoms. The second-order valence-electron chi connectivity index (χ2n) is 5.85. The first-order chi connectivity index (χ1) is 10.6. The lowest BCUT2D eigenvalue weighted by Crippen LogP contribution is -2.38. The van der Waals surface area contributed by atoms with Crippen LogP contribution in [0.5, 0.6) is 0 Å². The molecular formula is C16H20FN3O2. The third-order valence-electron chi connectivity index (χ3n) is 4.34. The van der Waals surface area contributed by atoms with Gasteiger partial charge in [-0.3, -0.25) is 9.58 Å². The van der Waals surface area contributed by atoms with Crippen molar-refractivity contribution in [3.63, 3.8) is 0 Å². The normalized spacial score (nSPS) is 25.7. The van der Waals surface area contributed by atoms with Gasteiger partial charge in [-0.25, -0.2) is 4.39 Å². The summed E-state index contributed by atoms with van der Waals surface area (Å²) >= 11 is 0. The van der Waals surface area contributed by atoms with Crippen molar-refractivity contribution < 1.29 is 14.6 Å². The van der Waals surface area contributed by atoms with Gasteiger partial charge in [0.25, 0.3) is 0 Å². The molecule has 1 saturated heterocycles. The second kappa shape index (κ2) is 6.16. The standard InChI is InChI=1S/C16H20FN3O2/c1-19-7-11(6-18-19)8-20-9-14(16(22)15(20)10-21)12-2-4-13(17)5-3-12/h2-7,14-16,21-22H,8-10H2,1H3/t14-,15-,16-/m1/s1. The number of aliphatic hydroxyl groups is 2. The first kappa shape index (κ1) is 15.1. The molecule has 2 aromatic rings. The van der Waals surface area contributed by atoms with E-state index >= 15 is 0 Å². The Morgan fingerprint density at radius 2 is 2.05 bits per heavy atom. The van der Waals surface area contributed by atoms with Gasteiger partial charge in [-0.2, -0.15) is 5.10 Å². The van der Waals surface area contributed by atoms with E-state index in [1.165, 1.54) is 12.1 Å². The van der Waals surface area contributed by atoms with E-state index in [-0.39, 0.29) is 24.4 Å². The van der Waals surface area contributed by atoms with Crippen molar-refractivity contribution in [1.29, 1.82) is 0 Å². The number of aromatic nitrogens is 2. The Morgan fingerprint density at radius 1 is 1.32 bits per heavy atom. The van der Waals surface area contributed by atoms with Gasteiger partial charge in [0.05, 0.1) is 24.9 Å². The highest BCUT2D eigenvalue weighted by Crippen LogP contribution is 2.33. The van der Waals surface area contributed by atoms with Crippen LogP contribution in [0.15, 0.2) is 36.7 Å². The van der Waals surface area contributed by atoms with E-state index in [1.807, 2.05) is 13.2 Å². The van der Waals surface area contributed by atoms with Gasteiger partial charge in [0.2, 0.25) is 0 Å². The maximum atomic E-state index is 13.1. The highest BCUT2D eigenvalue weighted by atomic mass is 19.1. The number of aliphatic hydroxyl groups excluding tert-OH is 2. The number of benzene rings is 1. The van der Waals surface area contributed by atoms with Gasteiger partial charge in [-0.15, -0.1) is 0 Å². The lowest BCUT2D eigenvalue weighted by atomic mass is 9.94. The van der Waals surface area contributed by atoms with E-state index in [9.17, 15) is 14.6 Å². The molecular weight excluding hydrogens is 285 g/mol. The Labute approximate surface area is 128 Å². The molecule has 22 heavy (non-hydrogen) atoms. The number of likely N-dealkylation sites (tertiary alicyclic amines) is 1. The highest BCUT2D eigenvalue weighted by molar-refractivity contribution is 5.25. The summed E-state index contributed by atoms with van der Waals surface area (Å²) in [6.07, 6.45) is 3.03. The smallest absolute Gasteiger partial charge is 0.123 e. The maximum absolute atomic E-state index is 13.1. The summed E-state index contributed by atoms with van der Waals surface area (Å²) in [5.41, 5.74) is 1.92. The highest BCUT2D eigenvalue weighted by Gasteiger charge is 2.40. The predicted octanol–water partition coefficient (Wildman–Crippen LogP) is 0.880. The van der Waals surface area contributed by atoms with Crippen LogP contribution >= 0.6 is 0 Å². The molecule has 1 aliphatic heterocycles. The SMILES string of the molecule is Cn1cc(CN2C[C@H](c3ccc(F)cc3)[C@@H](O)[C@H]2CO)cn1. The topological polar surface area (TPSA) is 61.5 Å². The zero-order valence-corrected chi connectivity index (χ0v) is 12.4. The van der Waals surface area contributed by atoms with E-state index < -0.39 is 6.10 Å². The van der Waals surface area contributed by atoms with E-state index in [0.29, 0.717) is 13.1 Å². The molecule has 1 aromatic carbocycles. The monoisotopic (exact) mass is 305 g/mol. The fourth-order valence-corrected chi connectivity index (χ4v) is 3.19. The average molecular weight is 305 g/mol. The Kier molecular flexibility index (Phi) is 4.24. The van der Waals surface area contributed by atoms with Crippen LogP contribution < -0.4 is 0 Å². The molecule has 0 radical (unpaired) electrons. The van der Waals surface area contributed by atoms with Gasteiger partial charge in [-0.05, 0) is 17.7 Å². The quantitative estimate of drug-likeness (QED) is 0.880. The van der Waals surface area contributed by atoms with Gasteiger partial charge >= 0.3 is 0 Å². The minimum Gasteiger partial charge on any atom is -0.395 e. The van der Waals surface area contributed by atoms with Crippen LogP contribution in [-0.4, -0.2) is 50.2 Å². The van der Waals surface area contributed by atoms with Gasteiger partial charge in [-0.1, -0.05) is 12.1 Å². The number of hydrogen-bond donors (Lipinski definition) is 2. The number of hydrogen-bond acceptors (Lipinski definition) is 4. The third kappa shape index (κ3) is 2.90. The zero-order valence-electron chi connectivity index (χ0n) is 12.4. The average Bonchev–Trinajstić information content (AvgIpc) is 3.04. The van der Waals surface area contributed by atoms with Crippen molar-refractivity contribution in [2.75, 3.05) is 13.2 Å². The summed E-state index contributed by atoms with van der Waals surface area (Å²) in [5.74, 6) is -0.420. The minimum atomic E-state index is -0.674. The summed E-state index contributed by atoms with van der Waals surface area (Å²) in [6, 6.07) is 5.88. The first-order valence-electron chi connectivity index (χ1n) is 7.34. The van der Waals surface area contributed by atoms with E-state index in [1.54, 1.807) is 23.0 Å². The molecule has 0 amide bonds. The molecule has 6 heteroatoms. The summed E-state index contributed by atoms with van der Waals surface area (Å²) in [4.78, 5) is 2.05. The van der Waals surface area contributed by atoms with Crippen LogP contribution in [0.1, 0.15) is 17.0 Å². The van der Waals surface area contributed by atoms with Gasteiger partial charge in [0.15, 0.2) is 0 Å². The summed E-state index contributed by atoms with van der Waals surface area (Å²) < 4.78 is 14.8. The molecule has 118 valence electrons. The fraction of sp³-hybridized carbons (Fsp3) is 0.438. The molecule has 0 saturated carbocycles. The van der Waals surface area contributed by atoms with Crippen LogP contribution in [0.3, 0.4) is 0 Å². The summed E-state index contributed by atoms with van der Waals surface area (Å²) in [5, 5.41) is 24.3. The Balaban J connectivity index is 1.78. The summed E-state index contributed by atoms with van der Waals surface area (Å²) in [6.45, 7) is 1.12. The lowest BCUT2D eigenvalue weighted by Gasteiger charge is -2.23. The number of halogens is 1. The molecule has 5 nitrogen and oxygen atoms in total. The van der Waals surface area contributed by atoms with Crippen molar-refractivity contribution in [2.45, 2.75) is 24.6 Å². The zero-order chi connectivity index (χ0) is 15.7. The lowest BCUT2D eigenvalue weighted by molar-refractivity contribution is 0.0641. The molecule has 2 heterocycles. The summed E-state index contributed by atoms with van der Waals surface area (Å²) in [7, 11) is 1.85. The van der Waals surface area contributed by atoms with E-state index in [2.05, 4.69) is 10.00 Å². The molecule has 0 aliphatic carbocycles. The molecule has 1 fully saturated rings. The molecule has 0 unspecified atom stereocenters. The van der Waals surface area contributed by atoms with Crippen LogP contribution in [0.2, 0.25) is 0 Å². The predicted molar refractivity (Wildman–Crippen MR) is 79.6 cm³/mol. The number of nitrogens with zero attached hydrogens (tertiary/aromatic N) is 3. The number of aryl methyl sites for hydroxylation is 1. The van der Waals surface area contributed by atoms with Crippen molar-refractivity contribution >= 4 is 0 Å². The Bertz CT molecular complexity index is 629. The van der Waals surface area contributed by atoms with Crippen molar-refractivity contribution in [2.24, 2.45) is 7.05 Å². The van der Waals surface area contributed by atoms with Crippen LogP contribution in [0.25, 0.3) is 0 Å². The van der Waals surface area contributed by atoms with Gasteiger partial charge in [0.1, 0.15) is 5.82 Å². The molecule has 1 aliphatic rings. The van der Waals surface area contributed by atoms with E-state index in [0.717, 1.165) is 11.1 Å². The fourth-order valence-electron chi connectivity index (χ4n) is 3.19. The third-order valence-corrected chi connectivity index (χ3v) is 4.34. The van der Waals surface area contributed by atoms with Crippen molar-refractivity contribution in [3.8, 4) is 0 Å². The van der Waals surface area contributed by atoms with E-state index in [4.69, 9.17) is 0 Å². The molecule has 2 N–H and O–H groups in total. The second-order valence-corrected chi connectivity index (χ2v) is 5.85. The van der Waals surface area contributed by atoms with Crippen LogP contribution in [0, 0.1) is 5.82 Å². The van der Waals surface area contributed by atoms with Crippen LogP contribution in [-0.2, 0) is 13.6 Å². The molecule has 3 rings (SSSR count). The van der Waals surface area contributed by atoms with Gasteiger partial charge < -0.3 is 10.2 Å². The number of rotatable bonds is 4. The molecule has 0 spiro atoms. The van der Waals surface area contributed by atoms with Crippen molar-refractivity contribution in [1.82, 2.24) is 14.7 Å². The first-order valence-corrected chi connectivity index (χ1v) is 7.34. The van der Waals surface area contributed by atoms with Gasteiger partial charge in [0, 0.05) is 37.8 Å². The maximum Gasteiger partial charge on any atom is 0.123 e.